The number of nitrogens with zero attached hydrogens (tertiary/aromatic N) is 1. The van der Waals surface area contributed by atoms with Gasteiger partial charge >= 0.3 is 0 Å². The molecule has 1 amide bonds. The first-order valence-electron chi connectivity index (χ1n) is 9.65. The van der Waals surface area contributed by atoms with Crippen LogP contribution in [0.15, 0.2) is 92.7 Å². The third-order valence-electron chi connectivity index (χ3n) is 5.90. The number of amides is 1. The van der Waals surface area contributed by atoms with Crippen LogP contribution in [0.2, 0.25) is 0 Å². The van der Waals surface area contributed by atoms with Crippen molar-refractivity contribution in [2.75, 3.05) is 11.9 Å². The lowest BCUT2D eigenvalue weighted by atomic mass is 9.71. The molecule has 0 N–H and O–H groups in total. The molecule has 4 nitrogen and oxygen atoms in total. The van der Waals surface area contributed by atoms with Gasteiger partial charge in [-0.05, 0) is 47.9 Å². The molecule has 0 saturated carbocycles. The zero-order valence-electron chi connectivity index (χ0n) is 16.3. The van der Waals surface area contributed by atoms with Gasteiger partial charge in [-0.2, -0.15) is 0 Å². The minimum Gasteiger partial charge on any atom is -0.464 e. The van der Waals surface area contributed by atoms with E-state index in [2.05, 4.69) is 15.9 Å². The van der Waals surface area contributed by atoms with Gasteiger partial charge < -0.3 is 9.32 Å². The summed E-state index contributed by atoms with van der Waals surface area (Å²) in [6.07, 6.45) is 1.83. The van der Waals surface area contributed by atoms with E-state index in [4.69, 9.17) is 4.42 Å². The number of carbonyl (C=O) groups excluding carboxylic acids is 1. The van der Waals surface area contributed by atoms with E-state index in [1.54, 1.807) is 30.1 Å². The van der Waals surface area contributed by atoms with Crippen LogP contribution in [0.4, 0.5) is 5.69 Å². The molecular formula is C25H18BrNO3. The number of rotatable bonds is 3. The topological polar surface area (TPSA) is 50.5 Å². The Morgan fingerprint density at radius 1 is 0.933 bits per heavy atom. The second-order valence-corrected chi connectivity index (χ2v) is 8.48. The highest BCUT2D eigenvalue weighted by Crippen LogP contribution is 2.48. The van der Waals surface area contributed by atoms with Crippen molar-refractivity contribution in [3.8, 4) is 0 Å². The van der Waals surface area contributed by atoms with Crippen LogP contribution in [0.25, 0.3) is 11.0 Å². The van der Waals surface area contributed by atoms with Gasteiger partial charge in [0.05, 0.1) is 17.2 Å². The summed E-state index contributed by atoms with van der Waals surface area (Å²) in [5.74, 6) is -0.137. The molecule has 2 heterocycles. The Kier molecular flexibility index (Phi) is 4.36. The van der Waals surface area contributed by atoms with E-state index in [1.165, 1.54) is 6.26 Å². The molecular weight excluding hydrogens is 442 g/mol. The molecule has 0 fully saturated rings. The summed E-state index contributed by atoms with van der Waals surface area (Å²) >= 11 is 3.54. The van der Waals surface area contributed by atoms with E-state index >= 15 is 0 Å². The van der Waals surface area contributed by atoms with Gasteiger partial charge in [0.2, 0.25) is 5.91 Å². The van der Waals surface area contributed by atoms with Crippen molar-refractivity contribution in [3.63, 3.8) is 0 Å². The minimum atomic E-state index is -1.17. The van der Waals surface area contributed by atoms with E-state index in [1.807, 2.05) is 54.6 Å². The van der Waals surface area contributed by atoms with Gasteiger partial charge in [0.1, 0.15) is 11.0 Å². The van der Waals surface area contributed by atoms with E-state index < -0.39 is 5.41 Å². The van der Waals surface area contributed by atoms with Crippen molar-refractivity contribution in [1.82, 2.24) is 0 Å². The fourth-order valence-corrected chi connectivity index (χ4v) is 4.82. The highest BCUT2D eigenvalue weighted by Gasteiger charge is 2.53. The van der Waals surface area contributed by atoms with Crippen LogP contribution in [0.3, 0.4) is 0 Å². The molecule has 0 saturated heterocycles. The number of hydrogen-bond donors (Lipinski definition) is 0. The minimum absolute atomic E-state index is 0.137. The largest absolute Gasteiger partial charge is 0.464 e. The average Bonchev–Trinajstić information content (AvgIpc) is 2.97. The maximum absolute atomic E-state index is 13.8. The monoisotopic (exact) mass is 459 g/mol. The second-order valence-electron chi connectivity index (χ2n) is 7.57. The van der Waals surface area contributed by atoms with Crippen LogP contribution in [0.1, 0.15) is 16.7 Å². The van der Waals surface area contributed by atoms with Crippen LogP contribution in [-0.4, -0.2) is 13.0 Å². The Hall–Kier alpha value is -3.18. The van der Waals surface area contributed by atoms with Crippen LogP contribution in [-0.2, 0) is 16.6 Å². The maximum Gasteiger partial charge on any atom is 0.242 e. The summed E-state index contributed by atoms with van der Waals surface area (Å²) in [5.41, 5.74) is 2.09. The molecule has 0 aliphatic carbocycles. The van der Waals surface area contributed by atoms with Gasteiger partial charge in [-0.1, -0.05) is 58.4 Å². The van der Waals surface area contributed by atoms with Crippen molar-refractivity contribution < 1.29 is 9.21 Å². The second kappa shape index (κ2) is 6.96. The molecule has 1 aliphatic heterocycles. The fourth-order valence-electron chi connectivity index (χ4n) is 4.45. The fraction of sp³-hybridized carbons (Fsp3) is 0.120. The van der Waals surface area contributed by atoms with Crippen molar-refractivity contribution in [2.45, 2.75) is 11.8 Å². The Bertz CT molecular complexity index is 1350. The number of carbonyl (C=O) groups is 1. The predicted octanol–water partition coefficient (Wildman–Crippen LogP) is 5.06. The third kappa shape index (κ3) is 2.66. The maximum atomic E-state index is 13.8. The van der Waals surface area contributed by atoms with Gasteiger partial charge in [-0.3, -0.25) is 9.59 Å². The number of fused-ring (bicyclic) bond motifs is 2. The Morgan fingerprint density at radius 3 is 2.47 bits per heavy atom. The van der Waals surface area contributed by atoms with Gasteiger partial charge in [-0.15, -0.1) is 0 Å². The quantitative estimate of drug-likeness (QED) is 0.430. The number of halogens is 1. The first-order valence-corrected chi connectivity index (χ1v) is 10.4. The Labute approximate surface area is 181 Å². The molecule has 0 spiro atoms. The van der Waals surface area contributed by atoms with Crippen LogP contribution >= 0.6 is 15.9 Å². The number of likely N-dealkylation sites (N-methyl/N-ethyl adjacent to an activating group) is 1. The molecule has 5 rings (SSSR count). The molecule has 1 aromatic heterocycles. The molecule has 0 unspecified atom stereocenters. The van der Waals surface area contributed by atoms with Crippen LogP contribution in [0.5, 0.6) is 0 Å². The normalized spacial score (nSPS) is 18.1. The molecule has 3 aromatic carbocycles. The molecule has 30 heavy (non-hydrogen) atoms. The Morgan fingerprint density at radius 2 is 1.67 bits per heavy atom. The summed E-state index contributed by atoms with van der Waals surface area (Å²) in [4.78, 5) is 29.1. The molecule has 0 radical (unpaired) electrons. The standard InChI is InChI=1S/C25H18BrNO3/c1-27-21-12-11-17(26)13-19(21)25(24(27)29,14-16-7-3-2-4-8-16)20-15-30-22-10-6-5-9-18(22)23(20)28/h2-13,15H,14H2,1H3/t25-/m0/s1. The average molecular weight is 460 g/mol. The summed E-state index contributed by atoms with van der Waals surface area (Å²) in [6, 6.07) is 22.7. The highest BCUT2D eigenvalue weighted by atomic mass is 79.9. The number of hydrogen-bond acceptors (Lipinski definition) is 3. The van der Waals surface area contributed by atoms with Gasteiger partial charge in [-0.25, -0.2) is 0 Å². The molecule has 0 bridgehead atoms. The van der Waals surface area contributed by atoms with E-state index in [0.717, 1.165) is 21.3 Å². The summed E-state index contributed by atoms with van der Waals surface area (Å²) < 4.78 is 6.70. The van der Waals surface area contributed by atoms with E-state index in [-0.39, 0.29) is 11.3 Å². The summed E-state index contributed by atoms with van der Waals surface area (Å²) in [6.45, 7) is 0. The lowest BCUT2D eigenvalue weighted by Crippen LogP contribution is -2.44. The lowest BCUT2D eigenvalue weighted by molar-refractivity contribution is -0.121. The van der Waals surface area contributed by atoms with Gasteiger partial charge in [0.15, 0.2) is 5.43 Å². The van der Waals surface area contributed by atoms with Gasteiger partial charge in [0, 0.05) is 17.2 Å². The van der Waals surface area contributed by atoms with Crippen molar-refractivity contribution in [2.24, 2.45) is 0 Å². The van der Waals surface area contributed by atoms with Crippen LogP contribution < -0.4 is 10.3 Å². The SMILES string of the molecule is CN1C(=O)[C@](Cc2ccccc2)(c2coc3ccccc3c2=O)c2cc(Br)ccc21. The first-order chi connectivity index (χ1) is 14.5. The first kappa shape index (κ1) is 18.8. The molecule has 5 heteroatoms. The van der Waals surface area contributed by atoms with E-state index in [9.17, 15) is 9.59 Å². The molecule has 1 atom stereocenters. The van der Waals surface area contributed by atoms with Crippen molar-refractivity contribution in [1.29, 1.82) is 0 Å². The zero-order valence-corrected chi connectivity index (χ0v) is 17.8. The number of para-hydroxylation sites is 1. The predicted molar refractivity (Wildman–Crippen MR) is 121 cm³/mol. The smallest absolute Gasteiger partial charge is 0.242 e. The Balaban J connectivity index is 1.86. The van der Waals surface area contributed by atoms with E-state index in [0.29, 0.717) is 23.0 Å². The molecule has 4 aromatic rings. The van der Waals surface area contributed by atoms with Crippen LogP contribution in [0, 0.1) is 0 Å². The highest BCUT2D eigenvalue weighted by molar-refractivity contribution is 9.10. The third-order valence-corrected chi connectivity index (χ3v) is 6.39. The van der Waals surface area contributed by atoms with Crippen molar-refractivity contribution >= 4 is 38.5 Å². The van der Waals surface area contributed by atoms with Crippen molar-refractivity contribution in [3.05, 3.63) is 110 Å². The zero-order chi connectivity index (χ0) is 20.9. The number of benzene rings is 3. The summed E-state index contributed by atoms with van der Waals surface area (Å²) in [7, 11) is 1.75. The summed E-state index contributed by atoms with van der Waals surface area (Å²) in [5, 5.41) is 0.473. The molecule has 148 valence electrons. The molecule has 1 aliphatic rings. The van der Waals surface area contributed by atoms with Gasteiger partial charge in [0.25, 0.3) is 0 Å². The number of anilines is 1. The lowest BCUT2D eigenvalue weighted by Gasteiger charge is -2.28.